The molecule has 20 heavy (non-hydrogen) atoms. The highest BCUT2D eigenvalue weighted by atomic mass is 32.1. The molecule has 2 heterocycles. The van der Waals surface area contributed by atoms with Gasteiger partial charge in [0.1, 0.15) is 0 Å². The fraction of sp³-hybridized carbons (Fsp3) is 0.250. The summed E-state index contributed by atoms with van der Waals surface area (Å²) in [6.45, 7) is 4.41. The Morgan fingerprint density at radius 3 is 2.70 bits per heavy atom. The van der Waals surface area contributed by atoms with Crippen LogP contribution in [-0.2, 0) is 0 Å². The summed E-state index contributed by atoms with van der Waals surface area (Å²) in [6.07, 6.45) is 1.87. The molecule has 0 saturated heterocycles. The maximum Gasteiger partial charge on any atom is 0.223 e. The van der Waals surface area contributed by atoms with E-state index in [0.29, 0.717) is 11.9 Å². The molecule has 4 heteroatoms. The Morgan fingerprint density at radius 2 is 1.95 bits per heavy atom. The molecule has 0 saturated carbocycles. The van der Waals surface area contributed by atoms with Crippen molar-refractivity contribution in [2.75, 3.05) is 5.32 Å². The first-order chi connectivity index (χ1) is 9.74. The number of benzene rings is 1. The maximum absolute atomic E-state index is 4.59. The van der Waals surface area contributed by atoms with Gasteiger partial charge in [0.2, 0.25) is 5.95 Å². The molecule has 1 aromatic carbocycles. The van der Waals surface area contributed by atoms with Crippen molar-refractivity contribution in [3.63, 3.8) is 0 Å². The number of hydrogen-bond acceptors (Lipinski definition) is 4. The van der Waals surface area contributed by atoms with Crippen molar-refractivity contribution in [3.8, 4) is 0 Å². The van der Waals surface area contributed by atoms with Gasteiger partial charge in [-0.05, 0) is 23.4 Å². The van der Waals surface area contributed by atoms with Crippen molar-refractivity contribution in [1.29, 1.82) is 0 Å². The van der Waals surface area contributed by atoms with Crippen LogP contribution in [-0.4, -0.2) is 9.97 Å². The highest BCUT2D eigenvalue weighted by Gasteiger charge is 2.17. The monoisotopic (exact) mass is 283 g/mol. The summed E-state index contributed by atoms with van der Waals surface area (Å²) >= 11 is 1.76. The zero-order valence-corrected chi connectivity index (χ0v) is 12.4. The molecule has 1 unspecified atom stereocenters. The second-order valence-electron chi connectivity index (χ2n) is 5.13. The lowest BCUT2D eigenvalue weighted by molar-refractivity contribution is 0.550. The Labute approximate surface area is 122 Å². The van der Waals surface area contributed by atoms with Gasteiger partial charge in [-0.15, -0.1) is 11.3 Å². The molecule has 0 radical (unpaired) electrons. The summed E-state index contributed by atoms with van der Waals surface area (Å²) < 4.78 is 0. The number of thiophene rings is 1. The van der Waals surface area contributed by atoms with Gasteiger partial charge in [-0.1, -0.05) is 38.1 Å². The molecule has 0 spiro atoms. The van der Waals surface area contributed by atoms with Crippen LogP contribution >= 0.6 is 11.3 Å². The standard InChI is InChI=1S/C16H17N3S/c1-11(2)15(14-8-5-9-20-14)19-16-17-10-12-6-3-4-7-13(12)18-16/h3-11,15H,1-2H3,(H,17,18,19). The average Bonchev–Trinajstić information content (AvgIpc) is 2.98. The number of hydrogen-bond donors (Lipinski definition) is 1. The van der Waals surface area contributed by atoms with Crippen LogP contribution in [0.25, 0.3) is 10.9 Å². The molecule has 3 rings (SSSR count). The molecular weight excluding hydrogens is 266 g/mol. The molecule has 102 valence electrons. The number of nitrogens with zero attached hydrogens (tertiary/aromatic N) is 2. The minimum atomic E-state index is 0.246. The van der Waals surface area contributed by atoms with Crippen LogP contribution in [0.1, 0.15) is 24.8 Å². The second-order valence-corrected chi connectivity index (χ2v) is 6.11. The van der Waals surface area contributed by atoms with E-state index in [4.69, 9.17) is 0 Å². The van der Waals surface area contributed by atoms with Gasteiger partial charge in [-0.2, -0.15) is 0 Å². The molecule has 0 bridgehead atoms. The van der Waals surface area contributed by atoms with Crippen molar-refractivity contribution in [1.82, 2.24) is 9.97 Å². The summed E-state index contributed by atoms with van der Waals surface area (Å²) in [7, 11) is 0. The zero-order chi connectivity index (χ0) is 13.9. The zero-order valence-electron chi connectivity index (χ0n) is 11.6. The Bertz CT molecular complexity index is 692. The molecule has 3 nitrogen and oxygen atoms in total. The van der Waals surface area contributed by atoms with Gasteiger partial charge in [0.05, 0.1) is 11.6 Å². The van der Waals surface area contributed by atoms with Gasteiger partial charge in [0.25, 0.3) is 0 Å². The van der Waals surface area contributed by atoms with E-state index in [9.17, 15) is 0 Å². The van der Waals surface area contributed by atoms with E-state index < -0.39 is 0 Å². The van der Waals surface area contributed by atoms with E-state index in [1.165, 1.54) is 4.88 Å². The molecule has 0 aliphatic rings. The van der Waals surface area contributed by atoms with Crippen molar-refractivity contribution < 1.29 is 0 Å². The molecule has 0 aliphatic heterocycles. The third-order valence-electron chi connectivity index (χ3n) is 3.29. The lowest BCUT2D eigenvalue weighted by Gasteiger charge is -2.21. The molecular formula is C16H17N3S. The summed E-state index contributed by atoms with van der Waals surface area (Å²) in [5.74, 6) is 1.17. The highest BCUT2D eigenvalue weighted by Crippen LogP contribution is 2.28. The first-order valence-corrected chi connectivity index (χ1v) is 7.64. The number of rotatable bonds is 4. The van der Waals surface area contributed by atoms with E-state index >= 15 is 0 Å². The minimum Gasteiger partial charge on any atom is -0.346 e. The van der Waals surface area contributed by atoms with Crippen molar-refractivity contribution in [2.45, 2.75) is 19.9 Å². The fourth-order valence-electron chi connectivity index (χ4n) is 2.22. The Morgan fingerprint density at radius 1 is 1.10 bits per heavy atom. The summed E-state index contributed by atoms with van der Waals surface area (Å²) in [5, 5.41) is 6.63. The Hall–Kier alpha value is -1.94. The summed E-state index contributed by atoms with van der Waals surface area (Å²) in [4.78, 5) is 10.3. The van der Waals surface area contributed by atoms with Gasteiger partial charge in [0, 0.05) is 16.5 Å². The smallest absolute Gasteiger partial charge is 0.223 e. The molecule has 2 aromatic heterocycles. The number of para-hydroxylation sites is 1. The number of nitrogens with one attached hydrogen (secondary N) is 1. The molecule has 1 atom stereocenters. The van der Waals surface area contributed by atoms with E-state index in [0.717, 1.165) is 10.9 Å². The highest BCUT2D eigenvalue weighted by molar-refractivity contribution is 7.10. The number of anilines is 1. The third kappa shape index (κ3) is 2.65. The van der Waals surface area contributed by atoms with Crippen LogP contribution in [0.3, 0.4) is 0 Å². The molecule has 1 N–H and O–H groups in total. The normalized spacial score (nSPS) is 12.8. The second kappa shape index (κ2) is 5.59. The Balaban J connectivity index is 1.90. The lowest BCUT2D eigenvalue weighted by atomic mass is 10.0. The van der Waals surface area contributed by atoms with E-state index in [2.05, 4.69) is 46.6 Å². The first kappa shape index (κ1) is 13.1. The predicted octanol–water partition coefficient (Wildman–Crippen LogP) is 4.50. The van der Waals surface area contributed by atoms with Crippen LogP contribution < -0.4 is 5.32 Å². The average molecular weight is 283 g/mol. The first-order valence-electron chi connectivity index (χ1n) is 6.76. The Kier molecular flexibility index (Phi) is 3.65. The predicted molar refractivity (Wildman–Crippen MR) is 85.1 cm³/mol. The minimum absolute atomic E-state index is 0.246. The van der Waals surface area contributed by atoms with Crippen molar-refractivity contribution >= 4 is 28.2 Å². The van der Waals surface area contributed by atoms with Crippen LogP contribution in [0.2, 0.25) is 0 Å². The van der Waals surface area contributed by atoms with Gasteiger partial charge in [0.15, 0.2) is 0 Å². The topological polar surface area (TPSA) is 37.8 Å². The van der Waals surface area contributed by atoms with Gasteiger partial charge >= 0.3 is 0 Å². The molecule has 0 fully saturated rings. The molecule has 0 aliphatic carbocycles. The number of aromatic nitrogens is 2. The summed E-state index contributed by atoms with van der Waals surface area (Å²) in [6, 6.07) is 12.5. The van der Waals surface area contributed by atoms with Gasteiger partial charge < -0.3 is 5.32 Å². The van der Waals surface area contributed by atoms with Crippen LogP contribution in [0, 0.1) is 5.92 Å². The van der Waals surface area contributed by atoms with Crippen LogP contribution in [0.15, 0.2) is 48.0 Å². The largest absolute Gasteiger partial charge is 0.346 e. The van der Waals surface area contributed by atoms with E-state index in [1.807, 2.05) is 30.5 Å². The van der Waals surface area contributed by atoms with Crippen LogP contribution in [0.4, 0.5) is 5.95 Å². The van der Waals surface area contributed by atoms with E-state index in [1.54, 1.807) is 11.3 Å². The van der Waals surface area contributed by atoms with Gasteiger partial charge in [-0.3, -0.25) is 0 Å². The SMILES string of the molecule is CC(C)C(Nc1ncc2ccccc2n1)c1cccs1. The lowest BCUT2D eigenvalue weighted by Crippen LogP contribution is -2.17. The summed E-state index contributed by atoms with van der Waals surface area (Å²) in [5.41, 5.74) is 0.971. The van der Waals surface area contributed by atoms with Crippen molar-refractivity contribution in [3.05, 3.63) is 52.9 Å². The van der Waals surface area contributed by atoms with Gasteiger partial charge in [-0.25, -0.2) is 9.97 Å². The maximum atomic E-state index is 4.59. The molecule has 0 amide bonds. The fourth-order valence-corrected chi connectivity index (χ4v) is 3.16. The van der Waals surface area contributed by atoms with Crippen LogP contribution in [0.5, 0.6) is 0 Å². The van der Waals surface area contributed by atoms with Crippen molar-refractivity contribution in [2.24, 2.45) is 5.92 Å². The number of fused-ring (bicyclic) bond motifs is 1. The van der Waals surface area contributed by atoms with E-state index in [-0.39, 0.29) is 6.04 Å². The third-order valence-corrected chi connectivity index (χ3v) is 4.25. The quantitative estimate of drug-likeness (QED) is 0.766. The molecule has 3 aromatic rings.